The van der Waals surface area contributed by atoms with Crippen molar-refractivity contribution in [3.63, 3.8) is 0 Å². The second-order valence-corrected chi connectivity index (χ2v) is 9.13. The van der Waals surface area contributed by atoms with Gasteiger partial charge in [0.25, 0.3) is 0 Å². The number of nitrogens with zero attached hydrogens (tertiary/aromatic N) is 1. The summed E-state index contributed by atoms with van der Waals surface area (Å²) in [4.78, 5) is 0.146. The zero-order valence-electron chi connectivity index (χ0n) is 15.1. The molecule has 138 valence electrons. The van der Waals surface area contributed by atoms with Crippen LogP contribution in [0.4, 0.5) is 0 Å². The molecule has 2 rings (SSSR count). The lowest BCUT2D eigenvalue weighted by molar-refractivity contribution is 0.317. The van der Waals surface area contributed by atoms with Gasteiger partial charge in [-0.25, -0.2) is 13.1 Å². The molecule has 0 aliphatic rings. The van der Waals surface area contributed by atoms with E-state index in [1.54, 1.807) is 30.3 Å². The molecule has 0 aromatic heterocycles. The summed E-state index contributed by atoms with van der Waals surface area (Å²) in [5.74, 6) is 0.724. The molecule has 0 bridgehead atoms. The Kier molecular flexibility index (Phi) is 5.97. The number of hydrogen-bond acceptors (Lipinski definition) is 4. The van der Waals surface area contributed by atoms with E-state index in [2.05, 4.69) is 4.72 Å². The number of ether oxygens (including phenoxy) is 1. The first kappa shape index (κ1) is 20.2. The Morgan fingerprint density at radius 1 is 1.15 bits per heavy atom. The van der Waals surface area contributed by atoms with E-state index >= 15 is 0 Å². The van der Waals surface area contributed by atoms with E-state index in [1.807, 2.05) is 33.8 Å². The Bertz CT molecular complexity index is 927. The quantitative estimate of drug-likeness (QED) is 0.798. The highest BCUT2D eigenvalue weighted by atomic mass is 35.5. The number of hydrogen-bond donors (Lipinski definition) is 1. The van der Waals surface area contributed by atoms with Crippen LogP contribution in [0.25, 0.3) is 0 Å². The first-order valence-electron chi connectivity index (χ1n) is 8.03. The van der Waals surface area contributed by atoms with E-state index in [-0.39, 0.29) is 21.9 Å². The minimum absolute atomic E-state index is 0.146. The van der Waals surface area contributed by atoms with E-state index in [4.69, 9.17) is 16.3 Å². The van der Waals surface area contributed by atoms with Crippen LogP contribution in [0, 0.1) is 16.7 Å². The van der Waals surface area contributed by atoms with E-state index < -0.39 is 10.0 Å². The van der Waals surface area contributed by atoms with Gasteiger partial charge in [0.1, 0.15) is 23.1 Å². The summed E-state index contributed by atoms with van der Waals surface area (Å²) in [6, 6.07) is 12.7. The molecule has 0 heterocycles. The molecule has 7 heteroatoms. The fourth-order valence-corrected chi connectivity index (χ4v) is 3.65. The van der Waals surface area contributed by atoms with Crippen LogP contribution in [-0.2, 0) is 10.0 Å². The van der Waals surface area contributed by atoms with Crippen LogP contribution in [0.3, 0.4) is 0 Å². The first-order valence-corrected chi connectivity index (χ1v) is 9.89. The van der Waals surface area contributed by atoms with Crippen molar-refractivity contribution in [3.05, 3.63) is 53.1 Å². The summed E-state index contributed by atoms with van der Waals surface area (Å²) >= 11 is 5.98. The van der Waals surface area contributed by atoms with Crippen LogP contribution in [0.5, 0.6) is 11.5 Å². The number of halogens is 1. The number of nitriles is 1. The Morgan fingerprint density at radius 3 is 2.31 bits per heavy atom. The fraction of sp³-hybridized carbons (Fsp3) is 0.316. The van der Waals surface area contributed by atoms with Crippen molar-refractivity contribution < 1.29 is 13.2 Å². The van der Waals surface area contributed by atoms with Crippen LogP contribution in [0.1, 0.15) is 33.3 Å². The van der Waals surface area contributed by atoms with Crippen LogP contribution < -0.4 is 9.46 Å². The molecule has 2 aromatic carbocycles. The zero-order valence-corrected chi connectivity index (χ0v) is 16.6. The lowest BCUT2D eigenvalue weighted by Crippen LogP contribution is -2.41. The summed E-state index contributed by atoms with van der Waals surface area (Å²) in [6.45, 7) is 7.73. The number of sulfonamides is 1. The third-order valence-corrected chi connectivity index (χ3v) is 5.95. The largest absolute Gasteiger partial charge is 0.456 e. The van der Waals surface area contributed by atoms with Crippen molar-refractivity contribution in [2.24, 2.45) is 5.41 Å². The first-order chi connectivity index (χ1) is 12.0. The molecule has 1 atom stereocenters. The summed E-state index contributed by atoms with van der Waals surface area (Å²) < 4.78 is 33.3. The second kappa shape index (κ2) is 7.67. The van der Waals surface area contributed by atoms with Gasteiger partial charge >= 0.3 is 0 Å². The summed E-state index contributed by atoms with van der Waals surface area (Å²) in [6.07, 6.45) is 0. The van der Waals surface area contributed by atoms with Crippen LogP contribution in [0.15, 0.2) is 47.4 Å². The highest BCUT2D eigenvalue weighted by Crippen LogP contribution is 2.30. The Labute approximate surface area is 159 Å². The summed E-state index contributed by atoms with van der Waals surface area (Å²) in [5, 5.41) is 9.47. The van der Waals surface area contributed by atoms with Gasteiger partial charge in [0, 0.05) is 6.04 Å². The molecule has 0 saturated carbocycles. The molecule has 0 amide bonds. The van der Waals surface area contributed by atoms with Gasteiger partial charge in [-0.3, -0.25) is 0 Å². The maximum Gasteiger partial charge on any atom is 0.240 e. The summed E-state index contributed by atoms with van der Waals surface area (Å²) in [7, 11) is -3.63. The third-order valence-electron chi connectivity index (χ3n) is 4.08. The van der Waals surface area contributed by atoms with Crippen LogP contribution in [-0.4, -0.2) is 14.5 Å². The van der Waals surface area contributed by atoms with Gasteiger partial charge in [-0.15, -0.1) is 0 Å². The van der Waals surface area contributed by atoms with Gasteiger partial charge in [-0.05, 0) is 48.7 Å². The SMILES string of the molecule is C[C@H](NS(=O)(=O)c1ccc(Oc2cccc(Cl)c2C#N)cc1)C(C)(C)C. The average Bonchev–Trinajstić information content (AvgIpc) is 2.54. The predicted octanol–water partition coefficient (Wildman–Crippen LogP) is 4.72. The highest BCUT2D eigenvalue weighted by molar-refractivity contribution is 7.89. The molecule has 0 aliphatic heterocycles. The van der Waals surface area contributed by atoms with Gasteiger partial charge in [0.05, 0.1) is 9.92 Å². The second-order valence-electron chi connectivity index (χ2n) is 7.01. The zero-order chi connectivity index (χ0) is 19.5. The molecule has 0 fully saturated rings. The number of rotatable bonds is 5. The standard InChI is InChI=1S/C19H21ClN2O3S/c1-13(19(2,3)4)22-26(23,24)15-10-8-14(9-11-15)25-18-7-5-6-17(20)16(18)12-21/h5-11,13,22H,1-4H3/t13-/m0/s1. The molecule has 0 unspecified atom stereocenters. The highest BCUT2D eigenvalue weighted by Gasteiger charge is 2.26. The van der Waals surface area contributed by atoms with Crippen molar-refractivity contribution in [2.45, 2.75) is 38.6 Å². The van der Waals surface area contributed by atoms with Crippen molar-refractivity contribution in [1.29, 1.82) is 5.26 Å². The van der Waals surface area contributed by atoms with Crippen LogP contribution >= 0.6 is 11.6 Å². The molecule has 0 aliphatic carbocycles. The third kappa shape index (κ3) is 4.76. The van der Waals surface area contributed by atoms with Gasteiger partial charge in [-0.1, -0.05) is 38.4 Å². The normalized spacial score (nSPS) is 13.1. The van der Waals surface area contributed by atoms with E-state index in [1.165, 1.54) is 12.1 Å². The minimum atomic E-state index is -3.63. The molecule has 0 spiro atoms. The van der Waals surface area contributed by atoms with Gasteiger partial charge in [0.2, 0.25) is 10.0 Å². The van der Waals surface area contributed by atoms with E-state index in [0.717, 1.165) is 0 Å². The molecular weight excluding hydrogens is 372 g/mol. The molecule has 0 radical (unpaired) electrons. The van der Waals surface area contributed by atoms with Crippen molar-refractivity contribution in [2.75, 3.05) is 0 Å². The topological polar surface area (TPSA) is 79.2 Å². The number of benzene rings is 2. The lowest BCUT2D eigenvalue weighted by atomic mass is 9.89. The van der Waals surface area contributed by atoms with Gasteiger partial charge in [0.15, 0.2) is 0 Å². The fourth-order valence-electron chi connectivity index (χ4n) is 1.99. The van der Waals surface area contributed by atoms with E-state index in [0.29, 0.717) is 16.5 Å². The molecular formula is C19H21ClN2O3S. The smallest absolute Gasteiger partial charge is 0.240 e. The van der Waals surface area contributed by atoms with Crippen molar-refractivity contribution in [3.8, 4) is 17.6 Å². The lowest BCUT2D eigenvalue weighted by Gasteiger charge is -2.27. The average molecular weight is 393 g/mol. The molecule has 2 aromatic rings. The Balaban J connectivity index is 2.21. The molecule has 5 nitrogen and oxygen atoms in total. The molecule has 26 heavy (non-hydrogen) atoms. The van der Waals surface area contributed by atoms with Crippen molar-refractivity contribution in [1.82, 2.24) is 4.72 Å². The molecule has 0 saturated heterocycles. The van der Waals surface area contributed by atoms with E-state index in [9.17, 15) is 13.7 Å². The predicted molar refractivity (Wildman–Crippen MR) is 102 cm³/mol. The minimum Gasteiger partial charge on any atom is -0.456 e. The van der Waals surface area contributed by atoms with Crippen LogP contribution in [0.2, 0.25) is 5.02 Å². The summed E-state index contributed by atoms with van der Waals surface area (Å²) in [5.41, 5.74) is 0.0303. The van der Waals surface area contributed by atoms with Gasteiger partial charge < -0.3 is 4.74 Å². The van der Waals surface area contributed by atoms with Crippen molar-refractivity contribution >= 4 is 21.6 Å². The van der Waals surface area contributed by atoms with Gasteiger partial charge in [-0.2, -0.15) is 5.26 Å². The number of nitrogens with one attached hydrogen (secondary N) is 1. The molecule has 1 N–H and O–H groups in total. The Hall–Kier alpha value is -2.07. The Morgan fingerprint density at radius 2 is 1.77 bits per heavy atom. The monoisotopic (exact) mass is 392 g/mol. The maximum absolute atomic E-state index is 12.5. The maximum atomic E-state index is 12.5.